The molecule has 0 fully saturated rings. The molecule has 21 heavy (non-hydrogen) atoms. The fourth-order valence-corrected chi connectivity index (χ4v) is 2.06. The first-order valence-electron chi connectivity index (χ1n) is 7.15. The zero-order valence-electron chi connectivity index (χ0n) is 12.5. The van der Waals surface area contributed by atoms with Gasteiger partial charge in [-0.15, -0.1) is 0 Å². The van der Waals surface area contributed by atoms with Crippen molar-refractivity contribution in [3.8, 4) is 0 Å². The summed E-state index contributed by atoms with van der Waals surface area (Å²) < 4.78 is 0. The van der Waals surface area contributed by atoms with Crippen molar-refractivity contribution >= 4 is 11.9 Å². The third-order valence-electron chi connectivity index (χ3n) is 3.20. The molecule has 0 aliphatic carbocycles. The maximum Gasteiger partial charge on any atom is 0.189 e. The van der Waals surface area contributed by atoms with Gasteiger partial charge in [-0.1, -0.05) is 72.3 Å². The second kappa shape index (κ2) is 7.39. The Labute approximate surface area is 126 Å². The standard InChI is InChI=1S/C20H20O/c1-16(2)13-14-19(15-17-9-5-3-6-10-17)20(21)18-11-7-4-8-12-18/h3-13,15H,14H2,1-2H3. The molecule has 0 amide bonds. The zero-order valence-corrected chi connectivity index (χ0v) is 12.5. The topological polar surface area (TPSA) is 17.1 Å². The van der Waals surface area contributed by atoms with Crippen molar-refractivity contribution in [2.75, 3.05) is 0 Å². The van der Waals surface area contributed by atoms with E-state index in [9.17, 15) is 4.79 Å². The predicted octanol–water partition coefficient (Wildman–Crippen LogP) is 5.31. The van der Waals surface area contributed by atoms with Gasteiger partial charge in [-0.25, -0.2) is 0 Å². The average molecular weight is 276 g/mol. The van der Waals surface area contributed by atoms with Crippen LogP contribution in [0.3, 0.4) is 0 Å². The van der Waals surface area contributed by atoms with Crippen LogP contribution in [0.25, 0.3) is 6.08 Å². The fraction of sp³-hybridized carbons (Fsp3) is 0.150. The van der Waals surface area contributed by atoms with E-state index in [0.29, 0.717) is 6.42 Å². The summed E-state index contributed by atoms with van der Waals surface area (Å²) in [6.45, 7) is 4.10. The highest BCUT2D eigenvalue weighted by atomic mass is 16.1. The Bertz CT molecular complexity index is 645. The van der Waals surface area contributed by atoms with Crippen molar-refractivity contribution < 1.29 is 4.79 Å². The molecule has 0 atom stereocenters. The van der Waals surface area contributed by atoms with Crippen LogP contribution in [0.4, 0.5) is 0 Å². The van der Waals surface area contributed by atoms with Gasteiger partial charge in [0.2, 0.25) is 0 Å². The highest BCUT2D eigenvalue weighted by Gasteiger charge is 2.10. The van der Waals surface area contributed by atoms with Crippen LogP contribution in [-0.2, 0) is 0 Å². The summed E-state index contributed by atoms with van der Waals surface area (Å²) in [6, 6.07) is 19.4. The van der Waals surface area contributed by atoms with Crippen molar-refractivity contribution in [3.05, 3.63) is 89.0 Å². The minimum atomic E-state index is 0.0944. The van der Waals surface area contributed by atoms with Gasteiger partial charge in [-0.3, -0.25) is 4.79 Å². The number of benzene rings is 2. The predicted molar refractivity (Wildman–Crippen MR) is 89.2 cm³/mol. The van der Waals surface area contributed by atoms with Crippen molar-refractivity contribution in [3.63, 3.8) is 0 Å². The molecule has 1 heteroatoms. The van der Waals surface area contributed by atoms with E-state index in [4.69, 9.17) is 0 Å². The molecule has 0 N–H and O–H groups in total. The average Bonchev–Trinajstić information content (AvgIpc) is 2.52. The number of hydrogen-bond donors (Lipinski definition) is 0. The third kappa shape index (κ3) is 4.57. The minimum absolute atomic E-state index is 0.0944. The van der Waals surface area contributed by atoms with Crippen molar-refractivity contribution in [1.82, 2.24) is 0 Å². The lowest BCUT2D eigenvalue weighted by molar-refractivity contribution is 0.103. The molecule has 0 aromatic heterocycles. The molecule has 2 aromatic rings. The number of rotatable bonds is 5. The second-order valence-corrected chi connectivity index (χ2v) is 5.26. The Hall–Kier alpha value is -2.41. The van der Waals surface area contributed by atoms with Crippen molar-refractivity contribution in [2.24, 2.45) is 0 Å². The molecule has 2 rings (SSSR count). The molecule has 0 saturated heterocycles. The lowest BCUT2D eigenvalue weighted by Crippen LogP contribution is -2.03. The van der Waals surface area contributed by atoms with Crippen LogP contribution >= 0.6 is 0 Å². The van der Waals surface area contributed by atoms with Crippen LogP contribution in [0, 0.1) is 0 Å². The Morgan fingerprint density at radius 3 is 2.05 bits per heavy atom. The molecule has 0 spiro atoms. The van der Waals surface area contributed by atoms with Gasteiger partial charge in [0.15, 0.2) is 5.78 Å². The Morgan fingerprint density at radius 2 is 1.48 bits per heavy atom. The number of carbonyl (C=O) groups is 1. The number of allylic oxidation sites excluding steroid dienone is 3. The second-order valence-electron chi connectivity index (χ2n) is 5.26. The molecule has 0 bridgehead atoms. The molecule has 2 aromatic carbocycles. The van der Waals surface area contributed by atoms with Gasteiger partial charge >= 0.3 is 0 Å². The molecule has 0 radical (unpaired) electrons. The SMILES string of the molecule is CC(C)=CCC(=Cc1ccccc1)C(=O)c1ccccc1. The van der Waals surface area contributed by atoms with Crippen molar-refractivity contribution in [1.29, 1.82) is 0 Å². The highest BCUT2D eigenvalue weighted by Crippen LogP contribution is 2.17. The minimum Gasteiger partial charge on any atom is -0.289 e. The highest BCUT2D eigenvalue weighted by molar-refractivity contribution is 6.11. The fourth-order valence-electron chi connectivity index (χ4n) is 2.06. The number of carbonyl (C=O) groups excluding carboxylic acids is 1. The monoisotopic (exact) mass is 276 g/mol. The van der Waals surface area contributed by atoms with E-state index in [2.05, 4.69) is 6.08 Å². The van der Waals surface area contributed by atoms with E-state index in [1.807, 2.05) is 80.6 Å². The summed E-state index contributed by atoms with van der Waals surface area (Å²) in [5.41, 5.74) is 3.82. The molecule has 0 saturated carbocycles. The lowest BCUT2D eigenvalue weighted by atomic mass is 9.97. The lowest BCUT2D eigenvalue weighted by Gasteiger charge is -2.06. The van der Waals surface area contributed by atoms with Crippen LogP contribution in [0.15, 0.2) is 77.9 Å². The van der Waals surface area contributed by atoms with E-state index < -0.39 is 0 Å². The first kappa shape index (κ1) is 15.0. The molecule has 106 valence electrons. The summed E-state index contributed by atoms with van der Waals surface area (Å²) >= 11 is 0. The zero-order chi connectivity index (χ0) is 15.1. The maximum absolute atomic E-state index is 12.7. The summed E-state index contributed by atoms with van der Waals surface area (Å²) in [6.07, 6.45) is 4.73. The molecule has 1 nitrogen and oxygen atoms in total. The molecule has 0 unspecified atom stereocenters. The van der Waals surface area contributed by atoms with Crippen LogP contribution in [-0.4, -0.2) is 5.78 Å². The Morgan fingerprint density at radius 1 is 0.905 bits per heavy atom. The summed E-state index contributed by atoms with van der Waals surface area (Å²) in [7, 11) is 0. The molecule has 0 aliphatic rings. The summed E-state index contributed by atoms with van der Waals surface area (Å²) in [4.78, 5) is 12.7. The van der Waals surface area contributed by atoms with E-state index >= 15 is 0 Å². The van der Waals surface area contributed by atoms with Gasteiger partial charge in [-0.2, -0.15) is 0 Å². The third-order valence-corrected chi connectivity index (χ3v) is 3.20. The number of ketones is 1. The van der Waals surface area contributed by atoms with Gasteiger partial charge in [0.05, 0.1) is 0 Å². The van der Waals surface area contributed by atoms with Crippen LogP contribution in [0.2, 0.25) is 0 Å². The van der Waals surface area contributed by atoms with Gasteiger partial charge < -0.3 is 0 Å². The van der Waals surface area contributed by atoms with Gasteiger partial charge in [0.1, 0.15) is 0 Å². The first-order chi connectivity index (χ1) is 10.2. The summed E-state index contributed by atoms with van der Waals surface area (Å²) in [5.74, 6) is 0.0944. The van der Waals surface area contributed by atoms with Gasteiger partial charge in [0, 0.05) is 11.1 Å². The van der Waals surface area contributed by atoms with E-state index in [0.717, 1.165) is 16.7 Å². The maximum atomic E-state index is 12.7. The van der Waals surface area contributed by atoms with Crippen LogP contribution in [0.5, 0.6) is 0 Å². The molecule has 0 heterocycles. The largest absolute Gasteiger partial charge is 0.289 e. The van der Waals surface area contributed by atoms with Crippen molar-refractivity contribution in [2.45, 2.75) is 20.3 Å². The van der Waals surface area contributed by atoms with Gasteiger partial charge in [-0.05, 0) is 31.9 Å². The van der Waals surface area contributed by atoms with Gasteiger partial charge in [0.25, 0.3) is 0 Å². The number of Topliss-reactive ketones (excluding diaryl/α,β-unsaturated/α-hetero) is 1. The van der Waals surface area contributed by atoms with E-state index in [1.54, 1.807) is 0 Å². The van der Waals surface area contributed by atoms with Crippen LogP contribution < -0.4 is 0 Å². The molecular weight excluding hydrogens is 256 g/mol. The first-order valence-corrected chi connectivity index (χ1v) is 7.15. The van der Waals surface area contributed by atoms with E-state index in [1.165, 1.54) is 5.57 Å². The summed E-state index contributed by atoms with van der Waals surface area (Å²) in [5, 5.41) is 0. The Balaban J connectivity index is 2.35. The number of hydrogen-bond acceptors (Lipinski definition) is 1. The molecular formula is C20H20O. The normalized spacial score (nSPS) is 11.0. The smallest absolute Gasteiger partial charge is 0.189 e. The quantitative estimate of drug-likeness (QED) is 0.411. The van der Waals surface area contributed by atoms with Crippen LogP contribution in [0.1, 0.15) is 36.2 Å². The molecule has 0 aliphatic heterocycles. The van der Waals surface area contributed by atoms with E-state index in [-0.39, 0.29) is 5.78 Å². The Kier molecular flexibility index (Phi) is 5.28.